The highest BCUT2D eigenvalue weighted by Crippen LogP contribution is 2.25. The van der Waals surface area contributed by atoms with Crippen molar-refractivity contribution in [3.05, 3.63) is 57.6 Å². The van der Waals surface area contributed by atoms with Gasteiger partial charge in [-0.25, -0.2) is 8.42 Å². The van der Waals surface area contributed by atoms with Crippen molar-refractivity contribution in [2.75, 3.05) is 31.6 Å². The summed E-state index contributed by atoms with van der Waals surface area (Å²) >= 11 is 3.40. The van der Waals surface area contributed by atoms with E-state index in [-0.39, 0.29) is 10.8 Å². The summed E-state index contributed by atoms with van der Waals surface area (Å²) in [5.74, 6) is -0.345. The summed E-state index contributed by atoms with van der Waals surface area (Å²) in [6.07, 6.45) is 0.561. The van der Waals surface area contributed by atoms with Crippen molar-refractivity contribution < 1.29 is 17.9 Å². The van der Waals surface area contributed by atoms with Crippen LogP contribution in [-0.2, 0) is 21.2 Å². The molecule has 0 aliphatic carbocycles. The van der Waals surface area contributed by atoms with Gasteiger partial charge in [0.25, 0.3) is 5.91 Å². The molecule has 0 unspecified atom stereocenters. The number of morpholine rings is 1. The van der Waals surface area contributed by atoms with Gasteiger partial charge in [-0.1, -0.05) is 35.0 Å². The molecule has 2 aromatic rings. The molecule has 1 N–H and O–H groups in total. The topological polar surface area (TPSA) is 75.7 Å². The van der Waals surface area contributed by atoms with E-state index in [1.165, 1.54) is 10.4 Å². The van der Waals surface area contributed by atoms with Gasteiger partial charge < -0.3 is 10.1 Å². The Morgan fingerprint density at radius 1 is 1.18 bits per heavy atom. The molecule has 150 valence electrons. The van der Waals surface area contributed by atoms with E-state index in [0.29, 0.717) is 49.5 Å². The molecule has 0 saturated carbocycles. The van der Waals surface area contributed by atoms with Crippen LogP contribution in [0.5, 0.6) is 0 Å². The van der Waals surface area contributed by atoms with Crippen molar-refractivity contribution in [1.82, 2.24) is 4.31 Å². The summed E-state index contributed by atoms with van der Waals surface area (Å²) in [6, 6.07) is 10.5. The van der Waals surface area contributed by atoms with Gasteiger partial charge in [0, 0.05) is 28.8 Å². The van der Waals surface area contributed by atoms with Crippen LogP contribution in [0.25, 0.3) is 0 Å². The minimum Gasteiger partial charge on any atom is -0.379 e. The van der Waals surface area contributed by atoms with Gasteiger partial charge in [-0.05, 0) is 48.7 Å². The minimum absolute atomic E-state index is 0.190. The van der Waals surface area contributed by atoms with Crippen LogP contribution in [0.2, 0.25) is 0 Å². The number of hydrogen-bond acceptors (Lipinski definition) is 4. The number of hydrogen-bond donors (Lipinski definition) is 1. The van der Waals surface area contributed by atoms with E-state index in [1.54, 1.807) is 12.1 Å². The quantitative estimate of drug-likeness (QED) is 0.730. The lowest BCUT2D eigenvalue weighted by atomic mass is 10.1. The molecule has 3 rings (SSSR count). The monoisotopic (exact) mass is 466 g/mol. The zero-order valence-corrected chi connectivity index (χ0v) is 18.3. The Balaban J connectivity index is 1.94. The molecule has 0 atom stereocenters. The average Bonchev–Trinajstić information content (AvgIpc) is 2.70. The SMILES string of the molecule is CCc1ccc(C(=O)Nc2cc(Br)ccc2C)cc1S(=O)(=O)N1CCOCC1. The number of amides is 1. The Morgan fingerprint density at radius 2 is 1.89 bits per heavy atom. The van der Waals surface area contributed by atoms with Gasteiger partial charge in [0.2, 0.25) is 10.0 Å². The zero-order chi connectivity index (χ0) is 20.3. The number of anilines is 1. The van der Waals surface area contributed by atoms with Crippen LogP contribution in [0, 0.1) is 6.92 Å². The van der Waals surface area contributed by atoms with E-state index < -0.39 is 10.0 Å². The Morgan fingerprint density at radius 3 is 2.57 bits per heavy atom. The molecule has 1 aliphatic rings. The van der Waals surface area contributed by atoms with Crippen LogP contribution in [0.4, 0.5) is 5.69 Å². The van der Waals surface area contributed by atoms with Gasteiger partial charge >= 0.3 is 0 Å². The second-order valence-corrected chi connectivity index (χ2v) is 9.43. The first-order chi connectivity index (χ1) is 13.3. The normalized spacial score (nSPS) is 15.4. The number of ether oxygens (including phenoxy) is 1. The number of nitrogens with one attached hydrogen (secondary N) is 1. The van der Waals surface area contributed by atoms with Crippen LogP contribution < -0.4 is 5.32 Å². The first-order valence-electron chi connectivity index (χ1n) is 9.11. The summed E-state index contributed by atoms with van der Waals surface area (Å²) < 4.78 is 33.8. The molecule has 0 bridgehead atoms. The lowest BCUT2D eigenvalue weighted by molar-refractivity contribution is 0.0730. The molecule has 1 fully saturated rings. The van der Waals surface area contributed by atoms with Crippen molar-refractivity contribution in [2.24, 2.45) is 0 Å². The highest BCUT2D eigenvalue weighted by Gasteiger charge is 2.29. The summed E-state index contributed by atoms with van der Waals surface area (Å²) in [5.41, 5.74) is 2.60. The van der Waals surface area contributed by atoms with Crippen molar-refractivity contribution >= 4 is 37.5 Å². The van der Waals surface area contributed by atoms with Crippen molar-refractivity contribution in [2.45, 2.75) is 25.2 Å². The summed E-state index contributed by atoms with van der Waals surface area (Å²) in [7, 11) is -3.68. The highest BCUT2D eigenvalue weighted by molar-refractivity contribution is 9.10. The van der Waals surface area contributed by atoms with Crippen LogP contribution in [0.1, 0.15) is 28.4 Å². The Labute approximate surface area is 174 Å². The molecule has 0 radical (unpaired) electrons. The molecule has 6 nitrogen and oxygen atoms in total. The predicted octanol–water partition coefficient (Wildman–Crippen LogP) is 3.59. The van der Waals surface area contributed by atoms with Gasteiger partial charge in [-0.15, -0.1) is 0 Å². The van der Waals surface area contributed by atoms with Crippen molar-refractivity contribution in [3.8, 4) is 0 Å². The minimum atomic E-state index is -3.68. The maximum atomic E-state index is 13.1. The first kappa shape index (κ1) is 21.0. The highest BCUT2D eigenvalue weighted by atomic mass is 79.9. The molecule has 0 aromatic heterocycles. The van der Waals surface area contributed by atoms with Gasteiger partial charge in [-0.2, -0.15) is 4.31 Å². The lowest BCUT2D eigenvalue weighted by Crippen LogP contribution is -2.41. The van der Waals surface area contributed by atoms with Crippen LogP contribution in [0.15, 0.2) is 45.8 Å². The van der Waals surface area contributed by atoms with Gasteiger partial charge in [0.05, 0.1) is 18.1 Å². The number of sulfonamides is 1. The average molecular weight is 467 g/mol. The second-order valence-electron chi connectivity index (χ2n) is 6.61. The van der Waals surface area contributed by atoms with Crippen molar-refractivity contribution in [1.29, 1.82) is 0 Å². The number of carbonyl (C=O) groups excluding carboxylic acids is 1. The zero-order valence-electron chi connectivity index (χ0n) is 15.9. The first-order valence-corrected chi connectivity index (χ1v) is 11.3. The molecule has 0 spiro atoms. The van der Waals surface area contributed by atoms with Crippen LogP contribution in [0.3, 0.4) is 0 Å². The second kappa shape index (κ2) is 8.73. The Kier molecular flexibility index (Phi) is 6.54. The summed E-state index contributed by atoms with van der Waals surface area (Å²) in [6.45, 7) is 5.19. The number of aryl methyl sites for hydroxylation is 2. The van der Waals surface area contributed by atoms with E-state index in [4.69, 9.17) is 4.74 Å². The predicted molar refractivity (Wildman–Crippen MR) is 112 cm³/mol. The maximum absolute atomic E-state index is 13.1. The van der Waals surface area contributed by atoms with Gasteiger partial charge in [-0.3, -0.25) is 4.79 Å². The largest absolute Gasteiger partial charge is 0.379 e. The Bertz CT molecular complexity index is 986. The molecule has 2 aromatic carbocycles. The molecule has 1 amide bonds. The maximum Gasteiger partial charge on any atom is 0.255 e. The summed E-state index contributed by atoms with van der Waals surface area (Å²) in [5, 5.41) is 2.87. The number of benzene rings is 2. The fourth-order valence-corrected chi connectivity index (χ4v) is 5.17. The van der Waals surface area contributed by atoms with E-state index in [2.05, 4.69) is 21.2 Å². The number of carbonyl (C=O) groups is 1. The molecule has 28 heavy (non-hydrogen) atoms. The van der Waals surface area contributed by atoms with E-state index in [1.807, 2.05) is 32.0 Å². The van der Waals surface area contributed by atoms with E-state index >= 15 is 0 Å². The smallest absolute Gasteiger partial charge is 0.255 e. The number of halogens is 1. The fourth-order valence-electron chi connectivity index (χ4n) is 3.08. The van der Waals surface area contributed by atoms with E-state index in [0.717, 1.165) is 10.0 Å². The molecule has 1 saturated heterocycles. The molecule has 1 heterocycles. The van der Waals surface area contributed by atoms with E-state index in [9.17, 15) is 13.2 Å². The lowest BCUT2D eigenvalue weighted by Gasteiger charge is -2.27. The van der Waals surface area contributed by atoms with Crippen LogP contribution >= 0.6 is 15.9 Å². The third kappa shape index (κ3) is 4.46. The Hall–Kier alpha value is -1.74. The molecular formula is C20H23BrN2O4S. The molecular weight excluding hydrogens is 444 g/mol. The van der Waals surface area contributed by atoms with Gasteiger partial charge in [0.1, 0.15) is 0 Å². The number of nitrogens with zero attached hydrogens (tertiary/aromatic N) is 1. The molecule has 1 aliphatic heterocycles. The van der Waals surface area contributed by atoms with Gasteiger partial charge in [0.15, 0.2) is 0 Å². The fraction of sp³-hybridized carbons (Fsp3) is 0.350. The summed E-state index contributed by atoms with van der Waals surface area (Å²) in [4.78, 5) is 13.0. The van der Waals surface area contributed by atoms with Crippen LogP contribution in [-0.4, -0.2) is 44.9 Å². The third-order valence-electron chi connectivity index (χ3n) is 4.75. The number of rotatable bonds is 5. The van der Waals surface area contributed by atoms with Crippen molar-refractivity contribution in [3.63, 3.8) is 0 Å². The third-order valence-corrected chi connectivity index (χ3v) is 7.22. The standard InChI is InChI=1S/C20H23BrN2O4S/c1-3-15-5-6-16(20(24)22-18-13-17(21)7-4-14(18)2)12-19(15)28(25,26)23-8-10-27-11-9-23/h4-7,12-13H,3,8-11H2,1-2H3,(H,22,24). The molecule has 8 heteroatoms.